The predicted octanol–water partition coefficient (Wildman–Crippen LogP) is 3.84. The summed E-state index contributed by atoms with van der Waals surface area (Å²) in [7, 11) is 0. The van der Waals surface area contributed by atoms with Crippen LogP contribution in [0.3, 0.4) is 0 Å². The van der Waals surface area contributed by atoms with E-state index in [4.69, 9.17) is 0 Å². The zero-order valence-electron chi connectivity index (χ0n) is 10.3. The van der Waals surface area contributed by atoms with Crippen molar-refractivity contribution in [1.29, 1.82) is 0 Å². The van der Waals surface area contributed by atoms with E-state index in [1.807, 2.05) is 0 Å². The summed E-state index contributed by atoms with van der Waals surface area (Å²) < 4.78 is 26.0. The molecule has 1 rings (SSSR count). The highest BCUT2D eigenvalue weighted by molar-refractivity contribution is 7.99. The maximum Gasteiger partial charge on any atom is 0.139 e. The number of thioether (sulfide) groups is 1. The zero-order valence-corrected chi connectivity index (χ0v) is 11.1. The zero-order chi connectivity index (χ0) is 12.7. The van der Waals surface area contributed by atoms with E-state index in [-0.39, 0.29) is 0 Å². The van der Waals surface area contributed by atoms with Gasteiger partial charge in [-0.05, 0) is 44.2 Å². The monoisotopic (exact) mass is 259 g/mol. The van der Waals surface area contributed by atoms with Gasteiger partial charge in [0.2, 0.25) is 0 Å². The van der Waals surface area contributed by atoms with Crippen LogP contribution < -0.4 is 5.32 Å². The van der Waals surface area contributed by atoms with Crippen LogP contribution in [0.25, 0.3) is 0 Å². The Morgan fingerprint density at radius 3 is 2.76 bits per heavy atom. The molecule has 1 aromatic carbocycles. The molecule has 4 heteroatoms. The van der Waals surface area contributed by atoms with E-state index in [0.717, 1.165) is 31.2 Å². The lowest BCUT2D eigenvalue weighted by atomic mass is 10.2. The van der Waals surface area contributed by atoms with Crippen molar-refractivity contribution in [2.24, 2.45) is 0 Å². The van der Waals surface area contributed by atoms with E-state index in [2.05, 4.69) is 19.2 Å². The molecule has 0 bridgehead atoms. The first-order valence-corrected chi connectivity index (χ1v) is 6.93. The highest BCUT2D eigenvalue weighted by atomic mass is 32.2. The van der Waals surface area contributed by atoms with Gasteiger partial charge in [0.05, 0.1) is 0 Å². The quantitative estimate of drug-likeness (QED) is 0.590. The predicted molar refractivity (Wildman–Crippen MR) is 69.5 cm³/mol. The third-order valence-corrected chi connectivity index (χ3v) is 3.62. The molecular weight excluding hydrogens is 240 g/mol. The second-order valence-corrected chi connectivity index (χ2v) is 5.16. The summed E-state index contributed by atoms with van der Waals surface area (Å²) in [6, 6.07) is 4.23. The Kier molecular flexibility index (Phi) is 6.52. The molecule has 0 spiro atoms. The molecule has 1 N–H and O–H groups in total. The maximum absolute atomic E-state index is 13.3. The largest absolute Gasteiger partial charge is 0.315 e. The molecule has 1 atom stereocenters. The molecule has 96 valence electrons. The topological polar surface area (TPSA) is 12.0 Å². The lowest BCUT2D eigenvalue weighted by molar-refractivity contribution is 0.526. The van der Waals surface area contributed by atoms with Crippen molar-refractivity contribution in [1.82, 2.24) is 5.32 Å². The van der Waals surface area contributed by atoms with Crippen LogP contribution >= 0.6 is 11.8 Å². The number of hydrogen-bond acceptors (Lipinski definition) is 2. The third kappa shape index (κ3) is 5.50. The number of nitrogens with one attached hydrogen (secondary N) is 1. The van der Waals surface area contributed by atoms with Gasteiger partial charge in [0, 0.05) is 17.0 Å². The van der Waals surface area contributed by atoms with Gasteiger partial charge < -0.3 is 5.32 Å². The standard InChI is InChI=1S/C13H19F2NS/c1-3-16-10(2)5-4-8-17-13-7-6-11(14)9-12(13)15/h6-7,9-10,16H,3-5,8H2,1-2H3. The summed E-state index contributed by atoms with van der Waals surface area (Å²) in [4.78, 5) is 0.530. The lowest BCUT2D eigenvalue weighted by Gasteiger charge is -2.11. The Morgan fingerprint density at radius 1 is 1.35 bits per heavy atom. The summed E-state index contributed by atoms with van der Waals surface area (Å²) >= 11 is 1.45. The second kappa shape index (κ2) is 7.67. The van der Waals surface area contributed by atoms with Crippen LogP contribution in [-0.2, 0) is 0 Å². The minimum atomic E-state index is -0.521. The molecule has 0 aliphatic rings. The lowest BCUT2D eigenvalue weighted by Crippen LogP contribution is -2.25. The molecule has 1 aromatic rings. The van der Waals surface area contributed by atoms with Crippen molar-refractivity contribution in [2.45, 2.75) is 37.6 Å². The van der Waals surface area contributed by atoms with Crippen LogP contribution in [0.15, 0.2) is 23.1 Å². The Morgan fingerprint density at radius 2 is 2.12 bits per heavy atom. The average molecular weight is 259 g/mol. The van der Waals surface area contributed by atoms with Gasteiger partial charge in [0.1, 0.15) is 11.6 Å². The minimum Gasteiger partial charge on any atom is -0.315 e. The first-order valence-electron chi connectivity index (χ1n) is 5.94. The van der Waals surface area contributed by atoms with Crippen LogP contribution in [-0.4, -0.2) is 18.3 Å². The van der Waals surface area contributed by atoms with Gasteiger partial charge in [0.25, 0.3) is 0 Å². The number of halogens is 2. The summed E-state index contributed by atoms with van der Waals surface area (Å²) in [5.41, 5.74) is 0. The van der Waals surface area contributed by atoms with Crippen LogP contribution in [0, 0.1) is 11.6 Å². The molecule has 17 heavy (non-hydrogen) atoms. The fraction of sp³-hybridized carbons (Fsp3) is 0.538. The van der Waals surface area contributed by atoms with Crippen molar-refractivity contribution >= 4 is 11.8 Å². The van der Waals surface area contributed by atoms with Gasteiger partial charge in [-0.3, -0.25) is 0 Å². The summed E-state index contributed by atoms with van der Waals surface area (Å²) in [5, 5.41) is 3.33. The highest BCUT2D eigenvalue weighted by Crippen LogP contribution is 2.23. The fourth-order valence-corrected chi connectivity index (χ4v) is 2.51. The Hall–Kier alpha value is -0.610. The first kappa shape index (κ1) is 14.5. The molecular formula is C13H19F2NS. The van der Waals surface area contributed by atoms with Crippen molar-refractivity contribution in [3.8, 4) is 0 Å². The van der Waals surface area contributed by atoms with Crippen molar-refractivity contribution in [3.05, 3.63) is 29.8 Å². The van der Waals surface area contributed by atoms with E-state index < -0.39 is 11.6 Å². The van der Waals surface area contributed by atoms with E-state index in [9.17, 15) is 8.78 Å². The van der Waals surface area contributed by atoms with E-state index in [0.29, 0.717) is 10.9 Å². The van der Waals surface area contributed by atoms with Crippen LogP contribution in [0.1, 0.15) is 26.7 Å². The number of rotatable bonds is 7. The van der Waals surface area contributed by atoms with Crippen molar-refractivity contribution < 1.29 is 8.78 Å². The molecule has 1 nitrogen and oxygen atoms in total. The molecule has 0 aliphatic carbocycles. The van der Waals surface area contributed by atoms with Crippen LogP contribution in [0.5, 0.6) is 0 Å². The molecule has 0 fully saturated rings. The third-order valence-electron chi connectivity index (χ3n) is 2.49. The molecule has 0 heterocycles. The van der Waals surface area contributed by atoms with E-state index in [1.54, 1.807) is 0 Å². The molecule has 0 radical (unpaired) electrons. The van der Waals surface area contributed by atoms with Gasteiger partial charge >= 0.3 is 0 Å². The summed E-state index contributed by atoms with van der Waals surface area (Å²) in [6.07, 6.45) is 2.10. The summed E-state index contributed by atoms with van der Waals surface area (Å²) in [6.45, 7) is 5.20. The minimum absolute atomic E-state index is 0.463. The van der Waals surface area contributed by atoms with Gasteiger partial charge in [-0.15, -0.1) is 11.8 Å². The maximum atomic E-state index is 13.3. The average Bonchev–Trinajstić information content (AvgIpc) is 2.27. The Bertz CT molecular complexity index is 344. The van der Waals surface area contributed by atoms with E-state index >= 15 is 0 Å². The Labute approximate surface area is 106 Å². The van der Waals surface area contributed by atoms with Crippen molar-refractivity contribution in [3.63, 3.8) is 0 Å². The fourth-order valence-electron chi connectivity index (χ4n) is 1.61. The molecule has 0 saturated heterocycles. The molecule has 1 unspecified atom stereocenters. The number of hydrogen-bond donors (Lipinski definition) is 1. The first-order chi connectivity index (χ1) is 8.13. The molecule has 0 aliphatic heterocycles. The van der Waals surface area contributed by atoms with Gasteiger partial charge in [0.15, 0.2) is 0 Å². The van der Waals surface area contributed by atoms with Gasteiger partial charge in [-0.25, -0.2) is 8.78 Å². The molecule has 0 aromatic heterocycles. The van der Waals surface area contributed by atoms with Gasteiger partial charge in [-0.2, -0.15) is 0 Å². The van der Waals surface area contributed by atoms with Crippen molar-refractivity contribution in [2.75, 3.05) is 12.3 Å². The smallest absolute Gasteiger partial charge is 0.139 e. The second-order valence-electron chi connectivity index (χ2n) is 4.02. The van der Waals surface area contributed by atoms with E-state index in [1.165, 1.54) is 23.9 Å². The molecule has 0 saturated carbocycles. The SMILES string of the molecule is CCNC(C)CCCSc1ccc(F)cc1F. The number of benzene rings is 1. The van der Waals surface area contributed by atoms with Crippen LogP contribution in [0.4, 0.5) is 8.78 Å². The molecule has 0 amide bonds. The van der Waals surface area contributed by atoms with Gasteiger partial charge in [-0.1, -0.05) is 6.92 Å². The normalized spacial score (nSPS) is 12.7. The van der Waals surface area contributed by atoms with Crippen LogP contribution in [0.2, 0.25) is 0 Å². The Balaban J connectivity index is 2.26. The summed E-state index contributed by atoms with van der Waals surface area (Å²) in [5.74, 6) is -0.125. The highest BCUT2D eigenvalue weighted by Gasteiger charge is 2.05.